The van der Waals surface area contributed by atoms with Crippen LogP contribution in [0.2, 0.25) is 5.02 Å². The van der Waals surface area contributed by atoms with Crippen LogP contribution < -0.4 is 10.1 Å². The number of nitrogens with one attached hydrogen (secondary N) is 1. The van der Waals surface area contributed by atoms with Crippen LogP contribution in [0.15, 0.2) is 48.5 Å². The van der Waals surface area contributed by atoms with Gasteiger partial charge in [-0.15, -0.1) is 0 Å². The maximum absolute atomic E-state index is 12.4. The molecule has 0 saturated carbocycles. The SMILES string of the molecule is C[C@H](Oc1cccc(Cl)c1)C(=O)N[C@@H](C)c1ccc(C(C)(C)C)cc1. The molecule has 0 bridgehead atoms. The van der Waals surface area contributed by atoms with Crippen molar-refractivity contribution in [2.45, 2.75) is 52.2 Å². The van der Waals surface area contributed by atoms with Gasteiger partial charge in [0.15, 0.2) is 6.10 Å². The number of rotatable bonds is 5. The Morgan fingerprint density at radius 3 is 2.28 bits per heavy atom. The Morgan fingerprint density at radius 1 is 1.08 bits per heavy atom. The number of ether oxygens (including phenoxy) is 1. The van der Waals surface area contributed by atoms with Gasteiger partial charge in [-0.05, 0) is 48.6 Å². The molecule has 0 aromatic heterocycles. The minimum absolute atomic E-state index is 0.0908. The lowest BCUT2D eigenvalue weighted by atomic mass is 9.86. The molecule has 0 fully saturated rings. The van der Waals surface area contributed by atoms with Gasteiger partial charge < -0.3 is 10.1 Å². The zero-order chi connectivity index (χ0) is 18.6. The molecule has 25 heavy (non-hydrogen) atoms. The molecule has 2 aromatic rings. The predicted molar refractivity (Wildman–Crippen MR) is 103 cm³/mol. The van der Waals surface area contributed by atoms with Crippen molar-refractivity contribution in [3.05, 3.63) is 64.7 Å². The van der Waals surface area contributed by atoms with Crippen molar-refractivity contribution in [3.8, 4) is 5.75 Å². The molecule has 0 heterocycles. The maximum atomic E-state index is 12.4. The van der Waals surface area contributed by atoms with Gasteiger partial charge in [0, 0.05) is 5.02 Å². The van der Waals surface area contributed by atoms with Gasteiger partial charge >= 0.3 is 0 Å². The number of halogens is 1. The van der Waals surface area contributed by atoms with E-state index in [-0.39, 0.29) is 17.4 Å². The molecule has 1 amide bonds. The molecular weight excluding hydrogens is 334 g/mol. The molecule has 4 heteroatoms. The highest BCUT2D eigenvalue weighted by Crippen LogP contribution is 2.24. The normalized spacial score (nSPS) is 13.8. The molecule has 2 atom stereocenters. The Bertz CT molecular complexity index is 719. The zero-order valence-electron chi connectivity index (χ0n) is 15.5. The smallest absolute Gasteiger partial charge is 0.261 e. The Morgan fingerprint density at radius 2 is 1.72 bits per heavy atom. The van der Waals surface area contributed by atoms with E-state index in [9.17, 15) is 4.79 Å². The van der Waals surface area contributed by atoms with Crippen molar-refractivity contribution in [3.63, 3.8) is 0 Å². The molecule has 2 aromatic carbocycles. The number of hydrogen-bond acceptors (Lipinski definition) is 2. The summed E-state index contributed by atoms with van der Waals surface area (Å²) in [5, 5.41) is 3.57. The molecule has 0 saturated heterocycles. The average Bonchev–Trinajstić information content (AvgIpc) is 2.54. The first kappa shape index (κ1) is 19.3. The average molecular weight is 360 g/mol. The lowest BCUT2D eigenvalue weighted by Gasteiger charge is -2.22. The molecule has 134 valence electrons. The van der Waals surface area contributed by atoms with E-state index in [0.717, 1.165) is 5.56 Å². The van der Waals surface area contributed by atoms with Crippen LogP contribution in [0.4, 0.5) is 0 Å². The van der Waals surface area contributed by atoms with E-state index >= 15 is 0 Å². The molecule has 0 aliphatic carbocycles. The summed E-state index contributed by atoms with van der Waals surface area (Å²) in [6.07, 6.45) is -0.602. The van der Waals surface area contributed by atoms with Crippen LogP contribution in [0.5, 0.6) is 5.75 Å². The Labute approximate surface area is 155 Å². The summed E-state index contributed by atoms with van der Waals surface area (Å²) in [7, 11) is 0. The van der Waals surface area contributed by atoms with E-state index in [4.69, 9.17) is 16.3 Å². The number of carbonyl (C=O) groups is 1. The predicted octanol–water partition coefficient (Wildman–Crippen LogP) is 5.28. The summed E-state index contributed by atoms with van der Waals surface area (Å²) in [6.45, 7) is 10.2. The van der Waals surface area contributed by atoms with Gasteiger partial charge in [-0.25, -0.2) is 0 Å². The number of benzene rings is 2. The Balaban J connectivity index is 1.97. The lowest BCUT2D eigenvalue weighted by Crippen LogP contribution is -2.37. The molecule has 3 nitrogen and oxygen atoms in total. The number of hydrogen-bond donors (Lipinski definition) is 1. The summed E-state index contributed by atoms with van der Waals surface area (Å²) in [4.78, 5) is 12.4. The summed E-state index contributed by atoms with van der Waals surface area (Å²) in [6, 6.07) is 15.3. The van der Waals surface area contributed by atoms with Crippen LogP contribution in [-0.4, -0.2) is 12.0 Å². The lowest BCUT2D eigenvalue weighted by molar-refractivity contribution is -0.127. The van der Waals surface area contributed by atoms with E-state index in [0.29, 0.717) is 10.8 Å². The van der Waals surface area contributed by atoms with E-state index < -0.39 is 6.10 Å². The maximum Gasteiger partial charge on any atom is 0.261 e. The highest BCUT2D eigenvalue weighted by atomic mass is 35.5. The van der Waals surface area contributed by atoms with Gasteiger partial charge in [0.05, 0.1) is 6.04 Å². The molecule has 2 rings (SSSR count). The van der Waals surface area contributed by atoms with Gasteiger partial charge in [-0.3, -0.25) is 4.79 Å². The van der Waals surface area contributed by atoms with Crippen molar-refractivity contribution in [1.82, 2.24) is 5.32 Å². The third-order valence-electron chi connectivity index (χ3n) is 4.11. The van der Waals surface area contributed by atoms with Crippen LogP contribution in [0.25, 0.3) is 0 Å². The number of amides is 1. The van der Waals surface area contributed by atoms with Crippen molar-refractivity contribution >= 4 is 17.5 Å². The summed E-state index contributed by atoms with van der Waals surface area (Å²) in [5.74, 6) is 0.421. The minimum atomic E-state index is -0.602. The fraction of sp³-hybridized carbons (Fsp3) is 0.381. The highest BCUT2D eigenvalue weighted by molar-refractivity contribution is 6.30. The van der Waals surface area contributed by atoms with E-state index in [2.05, 4.69) is 50.4 Å². The summed E-state index contributed by atoms with van der Waals surface area (Å²) >= 11 is 5.94. The highest BCUT2D eigenvalue weighted by Gasteiger charge is 2.19. The topological polar surface area (TPSA) is 38.3 Å². The largest absolute Gasteiger partial charge is 0.481 e. The standard InChI is InChI=1S/C21H26ClNO2/c1-14(16-9-11-17(12-10-16)21(3,4)5)23-20(24)15(2)25-19-8-6-7-18(22)13-19/h6-15H,1-5H3,(H,23,24)/t14-,15-/m0/s1. The Hall–Kier alpha value is -2.00. The minimum Gasteiger partial charge on any atom is -0.481 e. The van der Waals surface area contributed by atoms with Gasteiger partial charge in [0.25, 0.3) is 5.91 Å². The summed E-state index contributed by atoms with van der Waals surface area (Å²) in [5.41, 5.74) is 2.45. The first-order valence-electron chi connectivity index (χ1n) is 8.50. The molecule has 0 spiro atoms. The molecule has 0 aliphatic rings. The third kappa shape index (κ3) is 5.50. The van der Waals surface area contributed by atoms with Gasteiger partial charge in [0.2, 0.25) is 0 Å². The fourth-order valence-electron chi connectivity index (χ4n) is 2.48. The first-order chi connectivity index (χ1) is 11.7. The monoisotopic (exact) mass is 359 g/mol. The van der Waals surface area contributed by atoms with Gasteiger partial charge in [-0.2, -0.15) is 0 Å². The second-order valence-electron chi connectivity index (χ2n) is 7.32. The van der Waals surface area contributed by atoms with Crippen LogP contribution in [-0.2, 0) is 10.2 Å². The molecule has 0 unspecified atom stereocenters. The van der Waals surface area contributed by atoms with Crippen molar-refractivity contribution in [2.24, 2.45) is 0 Å². The molecule has 1 N–H and O–H groups in total. The van der Waals surface area contributed by atoms with Crippen LogP contribution in [0.3, 0.4) is 0 Å². The van der Waals surface area contributed by atoms with Crippen LogP contribution >= 0.6 is 11.6 Å². The van der Waals surface area contributed by atoms with Crippen molar-refractivity contribution < 1.29 is 9.53 Å². The van der Waals surface area contributed by atoms with Gasteiger partial charge in [0.1, 0.15) is 5.75 Å². The zero-order valence-corrected chi connectivity index (χ0v) is 16.2. The van der Waals surface area contributed by atoms with Gasteiger partial charge in [-0.1, -0.05) is 62.7 Å². The van der Waals surface area contributed by atoms with Crippen molar-refractivity contribution in [2.75, 3.05) is 0 Å². The molecular formula is C21H26ClNO2. The number of carbonyl (C=O) groups excluding carboxylic acids is 1. The second-order valence-corrected chi connectivity index (χ2v) is 7.76. The fourth-order valence-corrected chi connectivity index (χ4v) is 2.66. The summed E-state index contributed by atoms with van der Waals surface area (Å²) < 4.78 is 5.66. The van der Waals surface area contributed by atoms with Crippen molar-refractivity contribution in [1.29, 1.82) is 0 Å². The quantitative estimate of drug-likeness (QED) is 0.788. The van der Waals surface area contributed by atoms with Crippen LogP contribution in [0, 0.1) is 0 Å². The third-order valence-corrected chi connectivity index (χ3v) is 4.35. The Kier molecular flexibility index (Phi) is 6.12. The first-order valence-corrected chi connectivity index (χ1v) is 8.87. The molecule has 0 aliphatic heterocycles. The molecule has 0 radical (unpaired) electrons. The van der Waals surface area contributed by atoms with E-state index in [1.54, 1.807) is 31.2 Å². The van der Waals surface area contributed by atoms with E-state index in [1.165, 1.54) is 5.56 Å². The van der Waals surface area contributed by atoms with Crippen LogP contribution in [0.1, 0.15) is 51.8 Å². The second kappa shape index (κ2) is 7.92. The van der Waals surface area contributed by atoms with E-state index in [1.807, 2.05) is 6.92 Å².